The molecule has 1 aromatic carbocycles. The van der Waals surface area contributed by atoms with E-state index in [-0.39, 0.29) is 22.6 Å². The molecular weight excluding hydrogens is 323 g/mol. The van der Waals surface area contributed by atoms with Crippen molar-refractivity contribution in [2.45, 2.75) is 25.1 Å². The molecule has 1 aromatic rings. The van der Waals surface area contributed by atoms with Gasteiger partial charge in [-0.3, -0.25) is 10.1 Å². The number of non-ortho nitro benzene ring substituents is 1. The van der Waals surface area contributed by atoms with Crippen LogP contribution in [0.1, 0.15) is 12.8 Å². The van der Waals surface area contributed by atoms with Crippen LogP contribution in [0.2, 0.25) is 0 Å². The van der Waals surface area contributed by atoms with Crippen molar-refractivity contribution in [3.8, 4) is 5.75 Å². The number of hydrogen-bond donors (Lipinski definition) is 2. The van der Waals surface area contributed by atoms with Gasteiger partial charge >= 0.3 is 6.18 Å². The normalized spacial score (nSPS) is 14.3. The molecule has 0 bridgehead atoms. The number of alkyl halides is 3. The van der Waals surface area contributed by atoms with Crippen LogP contribution in [0.15, 0.2) is 18.2 Å². The Kier molecular flexibility index (Phi) is 4.69. The minimum atomic E-state index is -4.53. The number of nitrogens with zero attached hydrogens (tertiary/aromatic N) is 1. The second-order valence-corrected chi connectivity index (χ2v) is 5.16. The number of nitro groups is 1. The highest BCUT2D eigenvalue weighted by molar-refractivity contribution is 7.80. The summed E-state index contributed by atoms with van der Waals surface area (Å²) in [5, 5.41) is 16.7. The third-order valence-electron chi connectivity index (χ3n) is 2.68. The van der Waals surface area contributed by atoms with E-state index in [0.717, 1.165) is 18.9 Å². The van der Waals surface area contributed by atoms with Crippen molar-refractivity contribution in [3.63, 3.8) is 0 Å². The number of anilines is 1. The van der Waals surface area contributed by atoms with Crippen molar-refractivity contribution >= 4 is 28.7 Å². The lowest BCUT2D eigenvalue weighted by Gasteiger charge is -2.12. The van der Waals surface area contributed by atoms with Crippen molar-refractivity contribution in [1.29, 1.82) is 0 Å². The van der Waals surface area contributed by atoms with Gasteiger partial charge < -0.3 is 15.4 Å². The lowest BCUT2D eigenvalue weighted by molar-refractivity contribution is -0.384. The standard InChI is InChI=1S/C12H12F3N3O3S/c13-12(14,15)6-21-10-4-8(3-9(5-10)18(19)20)17-11(22)16-7-1-2-7/h3-5,7H,1-2,6H2,(H2,16,17,22). The van der Waals surface area contributed by atoms with Gasteiger partial charge in [-0.05, 0) is 25.1 Å². The summed E-state index contributed by atoms with van der Waals surface area (Å²) < 4.78 is 41.0. The second kappa shape index (κ2) is 6.34. The van der Waals surface area contributed by atoms with Crippen LogP contribution in [0.3, 0.4) is 0 Å². The third kappa shape index (κ3) is 5.35. The zero-order valence-corrected chi connectivity index (χ0v) is 12.0. The number of hydrogen-bond acceptors (Lipinski definition) is 4. The fraction of sp³-hybridized carbons (Fsp3) is 0.417. The molecule has 0 saturated heterocycles. The van der Waals surface area contributed by atoms with E-state index in [1.165, 1.54) is 12.1 Å². The maximum Gasteiger partial charge on any atom is 0.422 e. The molecule has 0 heterocycles. The highest BCUT2D eigenvalue weighted by Gasteiger charge is 2.29. The van der Waals surface area contributed by atoms with Gasteiger partial charge in [-0.2, -0.15) is 13.2 Å². The van der Waals surface area contributed by atoms with Crippen LogP contribution < -0.4 is 15.4 Å². The van der Waals surface area contributed by atoms with Gasteiger partial charge in [-0.15, -0.1) is 0 Å². The molecule has 0 aromatic heterocycles. The fourth-order valence-electron chi connectivity index (χ4n) is 1.59. The van der Waals surface area contributed by atoms with Crippen LogP contribution >= 0.6 is 12.2 Å². The average Bonchev–Trinajstić information content (AvgIpc) is 3.19. The molecule has 0 spiro atoms. The summed E-state index contributed by atoms with van der Waals surface area (Å²) >= 11 is 5.02. The Morgan fingerprint density at radius 1 is 1.41 bits per heavy atom. The summed E-state index contributed by atoms with van der Waals surface area (Å²) in [5.74, 6) is -0.261. The smallest absolute Gasteiger partial charge is 0.422 e. The third-order valence-corrected chi connectivity index (χ3v) is 2.89. The quantitative estimate of drug-likeness (QED) is 0.489. The van der Waals surface area contributed by atoms with Crippen molar-refractivity contribution < 1.29 is 22.8 Å². The molecule has 1 saturated carbocycles. The minimum absolute atomic E-state index is 0.185. The van der Waals surface area contributed by atoms with Crippen molar-refractivity contribution in [2.75, 3.05) is 11.9 Å². The molecule has 0 aliphatic heterocycles. The van der Waals surface area contributed by atoms with Crippen LogP contribution in [0.25, 0.3) is 0 Å². The highest BCUT2D eigenvalue weighted by Crippen LogP contribution is 2.28. The van der Waals surface area contributed by atoms with E-state index in [2.05, 4.69) is 15.4 Å². The van der Waals surface area contributed by atoms with Gasteiger partial charge in [-0.25, -0.2) is 0 Å². The first-order valence-electron chi connectivity index (χ1n) is 6.29. The summed E-state index contributed by atoms with van der Waals surface area (Å²) in [6.07, 6.45) is -2.56. The molecule has 0 radical (unpaired) electrons. The van der Waals surface area contributed by atoms with Gasteiger partial charge in [0.15, 0.2) is 11.7 Å². The van der Waals surface area contributed by atoms with Gasteiger partial charge in [0.1, 0.15) is 5.75 Å². The summed E-state index contributed by atoms with van der Waals surface area (Å²) in [6, 6.07) is 3.59. The number of ether oxygens (including phenoxy) is 1. The molecule has 1 aliphatic rings. The van der Waals surface area contributed by atoms with Crippen molar-refractivity contribution in [1.82, 2.24) is 5.32 Å². The topological polar surface area (TPSA) is 76.4 Å². The van der Waals surface area contributed by atoms with Crippen molar-refractivity contribution in [3.05, 3.63) is 28.3 Å². The zero-order valence-electron chi connectivity index (χ0n) is 11.1. The summed E-state index contributed by atoms with van der Waals surface area (Å²) in [7, 11) is 0. The summed E-state index contributed by atoms with van der Waals surface area (Å²) in [6.45, 7) is -1.53. The lowest BCUT2D eigenvalue weighted by Crippen LogP contribution is -2.30. The maximum absolute atomic E-state index is 12.2. The Morgan fingerprint density at radius 2 is 2.09 bits per heavy atom. The predicted octanol–water partition coefficient (Wildman–Crippen LogP) is 2.98. The second-order valence-electron chi connectivity index (χ2n) is 4.75. The highest BCUT2D eigenvalue weighted by atomic mass is 32.1. The van der Waals surface area contributed by atoms with Crippen LogP contribution in [0.4, 0.5) is 24.5 Å². The van der Waals surface area contributed by atoms with E-state index in [1.54, 1.807) is 0 Å². The minimum Gasteiger partial charge on any atom is -0.484 e. The first kappa shape index (κ1) is 16.3. The number of halogens is 3. The number of nitro benzene ring substituents is 1. The first-order chi connectivity index (χ1) is 10.2. The molecule has 1 fully saturated rings. The molecule has 22 heavy (non-hydrogen) atoms. The number of nitrogens with one attached hydrogen (secondary N) is 2. The molecule has 6 nitrogen and oxygen atoms in total. The predicted molar refractivity (Wildman–Crippen MR) is 77.0 cm³/mol. The van der Waals surface area contributed by atoms with Crippen LogP contribution in [-0.2, 0) is 0 Å². The first-order valence-corrected chi connectivity index (χ1v) is 6.70. The molecule has 0 unspecified atom stereocenters. The maximum atomic E-state index is 12.2. The Bertz CT molecular complexity index is 591. The molecule has 0 atom stereocenters. The molecule has 10 heteroatoms. The SMILES string of the molecule is O=[N+]([O-])c1cc(NC(=S)NC2CC2)cc(OCC(F)(F)F)c1. The molecular formula is C12H12F3N3O3S. The molecule has 2 rings (SSSR count). The molecule has 120 valence electrons. The molecule has 0 amide bonds. The van der Waals surface area contributed by atoms with Gasteiger partial charge in [0.05, 0.1) is 16.7 Å². The van der Waals surface area contributed by atoms with Crippen LogP contribution in [0, 0.1) is 10.1 Å². The van der Waals surface area contributed by atoms with Gasteiger partial charge in [0.2, 0.25) is 0 Å². The summed E-state index contributed by atoms with van der Waals surface area (Å²) in [4.78, 5) is 10.1. The fourth-order valence-corrected chi connectivity index (χ4v) is 1.87. The number of rotatable bonds is 5. The largest absolute Gasteiger partial charge is 0.484 e. The molecule has 1 aliphatic carbocycles. The molecule has 2 N–H and O–H groups in total. The van der Waals surface area contributed by atoms with E-state index in [4.69, 9.17) is 12.2 Å². The Hall–Kier alpha value is -2.10. The van der Waals surface area contributed by atoms with E-state index >= 15 is 0 Å². The Balaban J connectivity index is 2.11. The van der Waals surface area contributed by atoms with Gasteiger partial charge in [-0.1, -0.05) is 0 Å². The number of benzene rings is 1. The summed E-state index contributed by atoms with van der Waals surface area (Å²) in [5.41, 5.74) is -0.207. The Labute approximate surface area is 128 Å². The van der Waals surface area contributed by atoms with Crippen LogP contribution in [0.5, 0.6) is 5.75 Å². The van der Waals surface area contributed by atoms with E-state index in [9.17, 15) is 23.3 Å². The van der Waals surface area contributed by atoms with E-state index in [0.29, 0.717) is 0 Å². The zero-order chi connectivity index (χ0) is 16.3. The van der Waals surface area contributed by atoms with E-state index in [1.807, 2.05) is 0 Å². The average molecular weight is 335 g/mol. The number of thiocarbonyl (C=S) groups is 1. The van der Waals surface area contributed by atoms with E-state index < -0.39 is 23.4 Å². The van der Waals surface area contributed by atoms with Crippen molar-refractivity contribution in [2.24, 2.45) is 0 Å². The lowest BCUT2D eigenvalue weighted by atomic mass is 10.2. The van der Waals surface area contributed by atoms with Gasteiger partial charge in [0.25, 0.3) is 5.69 Å². The van der Waals surface area contributed by atoms with Gasteiger partial charge in [0, 0.05) is 18.2 Å². The monoisotopic (exact) mass is 335 g/mol. The Morgan fingerprint density at radius 3 is 2.64 bits per heavy atom. The van der Waals surface area contributed by atoms with Crippen LogP contribution in [-0.4, -0.2) is 28.9 Å².